The van der Waals surface area contributed by atoms with Gasteiger partial charge in [-0.15, -0.1) is 0 Å². The average Bonchev–Trinajstić information content (AvgIpc) is 1.53. The van der Waals surface area contributed by atoms with Gasteiger partial charge in [0.2, 0.25) is 37.4 Å². The Balaban J connectivity index is 0.000000147. The van der Waals surface area contributed by atoms with Crippen LogP contribution in [0.5, 0.6) is 18.0 Å². The number of benzene rings is 6. The normalized spacial score (nSPS) is 20.3. The number of aryl methyl sites for hydroxylation is 3. The zero-order valence-corrected chi connectivity index (χ0v) is 79.0. The molecule has 18 rings (SSSR count). The highest BCUT2D eigenvalue weighted by atomic mass is 16.5. The number of piperazine rings is 3. The summed E-state index contributed by atoms with van der Waals surface area (Å²) in [5, 5.41) is 18.9. The number of amides is 4. The molecular formula is C104H123N23O8. The molecule has 0 aliphatic carbocycles. The van der Waals surface area contributed by atoms with E-state index in [1.165, 1.54) is 91.6 Å². The molecule has 4 amide bonds. The first kappa shape index (κ1) is 94.6. The van der Waals surface area contributed by atoms with Crippen LogP contribution < -0.4 is 48.9 Å². The molecule has 12 heterocycles. The third-order valence-corrected chi connectivity index (χ3v) is 28.1. The number of nitriles is 1. The molecule has 3 aromatic heterocycles. The number of likely N-dealkylation sites (N-methyl/N-ethyl adjacent to an activating group) is 3. The second-order valence-corrected chi connectivity index (χ2v) is 36.8. The predicted octanol–water partition coefficient (Wildman–Crippen LogP) is 11.7. The number of methoxy groups -OCH3 is 1. The van der Waals surface area contributed by atoms with E-state index in [0.29, 0.717) is 141 Å². The Morgan fingerprint density at radius 2 is 0.800 bits per heavy atom. The van der Waals surface area contributed by atoms with E-state index in [1.54, 1.807) is 29.1 Å². The Morgan fingerprint density at radius 1 is 0.459 bits per heavy atom. The number of nitrogens with one attached hydrogen (secondary N) is 1. The molecule has 0 unspecified atom stereocenters. The lowest BCUT2D eigenvalue weighted by molar-refractivity contribution is -0.131. The Hall–Kier alpha value is -13.6. The van der Waals surface area contributed by atoms with Crippen LogP contribution in [0.3, 0.4) is 0 Å². The summed E-state index contributed by atoms with van der Waals surface area (Å²) in [6.45, 7) is 49.0. The van der Waals surface area contributed by atoms with Gasteiger partial charge in [-0.25, -0.2) is 19.7 Å². The van der Waals surface area contributed by atoms with E-state index in [1.807, 2.05) is 11.0 Å². The molecular weight excluding hydrogens is 1700 g/mol. The Kier molecular flexibility index (Phi) is 30.6. The molecule has 9 aliphatic heterocycles. The fourth-order valence-corrected chi connectivity index (χ4v) is 20.9. The Morgan fingerprint density at radius 3 is 1.13 bits per heavy atom. The van der Waals surface area contributed by atoms with Gasteiger partial charge in [0, 0.05) is 179 Å². The number of aromatic nitrogens is 6. The van der Waals surface area contributed by atoms with Crippen LogP contribution in [0.4, 0.5) is 34.5 Å². The smallest absolute Gasteiger partial charge is 0.318 e. The fraction of sp³-hybridized carbons (Fsp3) is 0.462. The molecule has 0 spiro atoms. The van der Waals surface area contributed by atoms with E-state index >= 15 is 0 Å². The van der Waals surface area contributed by atoms with Crippen LogP contribution in [0.25, 0.3) is 46.9 Å². The minimum absolute atomic E-state index is 0.0201. The molecule has 0 radical (unpaired) electrons. The van der Waals surface area contributed by atoms with Crippen LogP contribution in [0.2, 0.25) is 0 Å². The van der Waals surface area contributed by atoms with Gasteiger partial charge < -0.3 is 97.6 Å². The summed E-state index contributed by atoms with van der Waals surface area (Å²) in [4.78, 5) is 118. The number of anilines is 6. The molecule has 6 fully saturated rings. The van der Waals surface area contributed by atoms with Gasteiger partial charge in [0.05, 0.1) is 55.1 Å². The quantitative estimate of drug-likeness (QED) is 0.0334. The maximum Gasteiger partial charge on any atom is 0.318 e. The van der Waals surface area contributed by atoms with Gasteiger partial charge in [0.15, 0.2) is 0 Å². The van der Waals surface area contributed by atoms with Crippen molar-refractivity contribution in [3.63, 3.8) is 0 Å². The number of hydrogen-bond acceptors (Lipinski definition) is 24. The number of carbonyl (C=O) groups excluding carboxylic acids is 4. The summed E-state index contributed by atoms with van der Waals surface area (Å²) in [7, 11) is 8.01. The highest BCUT2D eigenvalue weighted by Gasteiger charge is 2.41. The van der Waals surface area contributed by atoms with Gasteiger partial charge in [0.1, 0.15) is 55.4 Å². The molecule has 135 heavy (non-hydrogen) atoms. The molecule has 9 aliphatic rings. The number of allylic oxidation sites excluding steroid dienone is 1. The molecule has 31 heteroatoms. The summed E-state index contributed by atoms with van der Waals surface area (Å²) in [5.74, 6) is 1.49. The van der Waals surface area contributed by atoms with E-state index in [9.17, 15) is 19.2 Å². The maximum atomic E-state index is 13.2. The molecule has 702 valence electrons. The maximum absolute atomic E-state index is 13.2. The van der Waals surface area contributed by atoms with Crippen molar-refractivity contribution in [2.75, 3.05) is 202 Å². The van der Waals surface area contributed by atoms with Crippen molar-refractivity contribution in [1.29, 1.82) is 5.26 Å². The van der Waals surface area contributed by atoms with E-state index in [4.69, 9.17) is 73.8 Å². The number of rotatable bonds is 24. The standard InChI is InChI=1S/C35H42N8O3.C35H43N7O3.C34H38N8O2/c1-23-9-6-10-26-11-7-13-31(32(23)26)41-16-14-29-30(21-41)38-35(46-22-27-12-8-15-40(27)5)39-33(29)42-17-18-43(28(20-42)19-36-4)34(45)24(2)37-25(3)44;1-25-9-5-10-26-11-6-13-31(33(25)26)40-17-15-29-30(23-40)37-35(45-24-27-12-7-16-39(27)3)38-34(29)41-18-19-42(28(22-41)21-36-2)32(43)14-8-20-44-4;1-24-8-4-9-25-10-5-12-30(32(24)25)40-17-14-28-29(22-40)37-34(44-23-26-11-7-16-39(26)3)38-33(28)41-18-19-42(27(21-41)20-36-2)31(43)13-6-15-35/h6-7,9-11,13,27-28H,2,8,12,14-22H2,1,3,5H3,(H,37,44);5-6,8-11,13-14,27-28H,7,12,15-24H2,1,3-4H3;4-6,8-10,12-13,26-27H,7,11,14,16-23H2,1,3H3/b;14-8+;13-6-/t2*27-,28-;26-,27-/m000/s1. The Bertz CT molecular complexity index is 6100. The molecule has 0 saturated carbocycles. The number of nitrogens with zero attached hydrogens (tertiary/aromatic N) is 22. The molecule has 1 N–H and O–H groups in total. The molecule has 9 aromatic rings. The highest BCUT2D eigenvalue weighted by molar-refractivity contribution is 6.00. The number of likely N-dealkylation sites (tertiary alicyclic amines) is 3. The van der Waals surface area contributed by atoms with E-state index in [2.05, 4.69) is 222 Å². The zero-order valence-electron chi connectivity index (χ0n) is 79.0. The van der Waals surface area contributed by atoms with E-state index in [0.717, 1.165) is 142 Å². The first-order valence-electron chi connectivity index (χ1n) is 47.4. The fourth-order valence-electron chi connectivity index (χ4n) is 20.9. The van der Waals surface area contributed by atoms with Gasteiger partial charge in [-0.1, -0.05) is 104 Å². The highest BCUT2D eigenvalue weighted by Crippen LogP contribution is 2.42. The Labute approximate surface area is 792 Å². The zero-order chi connectivity index (χ0) is 94.3. The second-order valence-electron chi connectivity index (χ2n) is 36.8. The van der Waals surface area contributed by atoms with Crippen LogP contribution in [0, 0.1) is 51.8 Å². The summed E-state index contributed by atoms with van der Waals surface area (Å²) in [6, 6.07) is 41.9. The largest absolute Gasteiger partial charge is 0.462 e. The van der Waals surface area contributed by atoms with Crippen LogP contribution in [0.1, 0.15) is 95.9 Å². The van der Waals surface area contributed by atoms with Crippen molar-refractivity contribution in [3.05, 3.63) is 230 Å². The van der Waals surface area contributed by atoms with Crippen molar-refractivity contribution >= 4 is 90.5 Å². The summed E-state index contributed by atoms with van der Waals surface area (Å²) in [5.41, 5.74) is 13.6. The van der Waals surface area contributed by atoms with Gasteiger partial charge in [-0.3, -0.25) is 19.2 Å². The summed E-state index contributed by atoms with van der Waals surface area (Å²) >= 11 is 0. The van der Waals surface area contributed by atoms with Crippen molar-refractivity contribution in [2.45, 2.75) is 141 Å². The number of hydrogen-bond donors (Lipinski definition) is 1. The molecule has 6 saturated heterocycles. The van der Waals surface area contributed by atoms with Crippen LogP contribution >= 0.6 is 0 Å². The van der Waals surface area contributed by atoms with Crippen molar-refractivity contribution in [1.82, 2.24) is 64.6 Å². The van der Waals surface area contributed by atoms with Crippen LogP contribution in [-0.4, -0.2) is 292 Å². The van der Waals surface area contributed by atoms with Gasteiger partial charge in [-0.05, 0) is 170 Å². The van der Waals surface area contributed by atoms with Gasteiger partial charge >= 0.3 is 18.0 Å². The predicted molar refractivity (Wildman–Crippen MR) is 526 cm³/mol. The number of fused-ring (bicyclic) bond motifs is 6. The number of ether oxygens (including phenoxy) is 4. The first-order valence-corrected chi connectivity index (χ1v) is 47.4. The van der Waals surface area contributed by atoms with Crippen LogP contribution in [-0.2, 0) is 62.8 Å². The van der Waals surface area contributed by atoms with Crippen LogP contribution in [0.15, 0.2) is 146 Å². The van der Waals surface area contributed by atoms with Crippen molar-refractivity contribution in [3.8, 4) is 24.1 Å². The third kappa shape index (κ3) is 21.6. The SMILES string of the molecule is [C-]#[N+]C[C@H]1CN(c2nc(OC[C@@H]3CCCN3C)nc3c2CCN(c2cccc4cccc(C)c24)C3)CCN1C(=O)/C=C/COC.[C-]#[N+]C[C@H]1CN(c2nc(OC[C@@H]3CCCN3C)nc3c2CCN(c2cccc4cccc(C)c24)C3)CCN1C(=O)/C=C\C#N.[C-]#[N+]C[C@H]1CN(c2nc(OC[C@@H]3CCCN3C)nc3c2CCN(c2cccc4cccc(C)c24)C3)CCN1C(=O)C(=C)NC(C)=O. The lowest BCUT2D eigenvalue weighted by atomic mass is 9.99. The average molecular weight is 1820 g/mol. The van der Waals surface area contributed by atoms with Gasteiger partial charge in [-0.2, -0.15) is 35.2 Å². The topological polar surface area (TPSA) is 270 Å². The monoisotopic (exact) mass is 1820 g/mol. The number of carbonyl (C=O) groups is 4. The molecule has 0 bridgehead atoms. The van der Waals surface area contributed by atoms with E-state index in [-0.39, 0.29) is 67.1 Å². The minimum Gasteiger partial charge on any atom is -0.462 e. The third-order valence-electron chi connectivity index (χ3n) is 28.1. The summed E-state index contributed by atoms with van der Waals surface area (Å²) < 4.78 is 24.0. The van der Waals surface area contributed by atoms with E-state index < -0.39 is 0 Å². The molecule has 31 nitrogen and oxygen atoms in total. The summed E-state index contributed by atoms with van der Waals surface area (Å²) in [6.07, 6.45) is 14.9. The van der Waals surface area contributed by atoms with Crippen molar-refractivity contribution < 1.29 is 38.1 Å². The van der Waals surface area contributed by atoms with Crippen molar-refractivity contribution in [2.24, 2.45) is 0 Å². The lowest BCUT2D eigenvalue weighted by Gasteiger charge is -2.41. The first-order chi connectivity index (χ1) is 65.6. The molecule has 6 aromatic carbocycles. The second kappa shape index (κ2) is 43.6. The molecule has 6 atom stereocenters. The van der Waals surface area contributed by atoms with Gasteiger partial charge in [0.25, 0.3) is 5.91 Å². The minimum atomic E-state index is -0.384. The lowest BCUT2D eigenvalue weighted by Crippen LogP contribution is -2.58.